The van der Waals surface area contributed by atoms with Gasteiger partial charge in [-0.25, -0.2) is 0 Å². The van der Waals surface area contributed by atoms with Gasteiger partial charge in [-0.1, -0.05) is 6.07 Å². The zero-order valence-electron chi connectivity index (χ0n) is 13.6. The number of hydrogen-bond acceptors (Lipinski definition) is 5. The third kappa shape index (κ3) is 3.85. The predicted molar refractivity (Wildman–Crippen MR) is 93.3 cm³/mol. The number of carbonyl (C=O) groups excluding carboxylic acids is 1. The lowest BCUT2D eigenvalue weighted by Crippen LogP contribution is -2.46. The number of nitrogens with one attached hydrogen (secondary N) is 1. The Hall–Kier alpha value is -1.70. The predicted octanol–water partition coefficient (Wildman–Crippen LogP) is 1.83. The van der Waals surface area contributed by atoms with Crippen LogP contribution in [0.1, 0.15) is 41.6 Å². The molecule has 0 radical (unpaired) electrons. The van der Waals surface area contributed by atoms with Gasteiger partial charge in [0.15, 0.2) is 0 Å². The monoisotopic (exact) mass is 354 g/mol. The maximum Gasteiger partial charge on any atom is 0.274 e. The minimum atomic E-state index is -0.650. The van der Waals surface area contributed by atoms with Crippen molar-refractivity contribution in [1.82, 2.24) is 10.2 Å². The molecule has 2 bridgehead atoms. The molecule has 0 aromatic heterocycles. The van der Waals surface area contributed by atoms with E-state index >= 15 is 0 Å². The Morgan fingerprint density at radius 3 is 2.54 bits per heavy atom. The number of hydrogen-bond donors (Lipinski definition) is 2. The number of nitro groups is 1. The number of piperidine rings is 1. The maximum absolute atomic E-state index is 11.3. The van der Waals surface area contributed by atoms with Gasteiger partial charge in [0, 0.05) is 41.9 Å². The number of amides is 1. The Morgan fingerprint density at radius 1 is 1.38 bits per heavy atom. The number of rotatable bonds is 5. The van der Waals surface area contributed by atoms with E-state index in [4.69, 9.17) is 5.73 Å². The molecule has 7 nitrogen and oxygen atoms in total. The lowest BCUT2D eigenvalue weighted by Gasteiger charge is -2.35. The largest absolute Gasteiger partial charge is 0.366 e. The van der Waals surface area contributed by atoms with Crippen molar-refractivity contribution in [3.05, 3.63) is 39.4 Å². The van der Waals surface area contributed by atoms with Gasteiger partial charge in [0.05, 0.1) is 4.92 Å². The van der Waals surface area contributed by atoms with Crippen LogP contribution in [-0.4, -0.2) is 40.9 Å². The van der Waals surface area contributed by atoms with Gasteiger partial charge in [0.2, 0.25) is 5.91 Å². The summed E-state index contributed by atoms with van der Waals surface area (Å²) in [6.45, 7) is 0.499. The molecule has 2 heterocycles. The van der Waals surface area contributed by atoms with E-state index in [2.05, 4.69) is 10.2 Å². The van der Waals surface area contributed by atoms with Crippen molar-refractivity contribution in [1.29, 1.82) is 0 Å². The molecule has 0 saturated carbocycles. The van der Waals surface area contributed by atoms with Crippen LogP contribution in [0.2, 0.25) is 0 Å². The third-order valence-electron chi connectivity index (χ3n) is 5.06. The van der Waals surface area contributed by atoms with Gasteiger partial charge in [-0.15, -0.1) is 12.4 Å². The second kappa shape index (κ2) is 7.46. The second-order valence-corrected chi connectivity index (χ2v) is 6.64. The van der Waals surface area contributed by atoms with Gasteiger partial charge < -0.3 is 11.1 Å². The Balaban J connectivity index is 0.00000208. The van der Waals surface area contributed by atoms with E-state index in [-0.39, 0.29) is 23.7 Å². The quantitative estimate of drug-likeness (QED) is 0.620. The number of carbonyl (C=O) groups is 1. The van der Waals surface area contributed by atoms with Crippen LogP contribution in [0, 0.1) is 10.1 Å². The Kier molecular flexibility index (Phi) is 5.79. The van der Waals surface area contributed by atoms with Crippen molar-refractivity contribution in [3.8, 4) is 0 Å². The van der Waals surface area contributed by atoms with E-state index < -0.39 is 10.8 Å². The summed E-state index contributed by atoms with van der Waals surface area (Å²) in [6, 6.07) is 6.07. The molecule has 132 valence electrons. The number of nitrogens with two attached hydrogens (primary N) is 1. The summed E-state index contributed by atoms with van der Waals surface area (Å²) >= 11 is 0. The zero-order valence-corrected chi connectivity index (χ0v) is 14.4. The number of nitrogens with zero attached hydrogens (tertiary/aromatic N) is 2. The highest BCUT2D eigenvalue weighted by Crippen LogP contribution is 2.31. The van der Waals surface area contributed by atoms with E-state index in [1.54, 1.807) is 12.1 Å². The first kappa shape index (κ1) is 18.6. The SMILES string of the molecule is CN(Cc1ccc(C(N)=O)cc1[N+](=O)[O-])C1CC2CCC(C1)N2.Cl. The highest BCUT2D eigenvalue weighted by Gasteiger charge is 2.35. The molecule has 2 aliphatic rings. The topological polar surface area (TPSA) is 102 Å². The standard InChI is InChI=1S/C16H22N4O3.ClH/c1-19(14-7-12-4-5-13(8-14)18-12)9-11-3-2-10(16(17)21)6-15(11)20(22)23;/h2-3,6,12-14,18H,4-5,7-9H2,1H3,(H2,17,21);1H. The van der Waals surface area contributed by atoms with Crippen LogP contribution in [0.5, 0.6) is 0 Å². The van der Waals surface area contributed by atoms with E-state index in [0.29, 0.717) is 30.2 Å². The Morgan fingerprint density at radius 2 is 2.00 bits per heavy atom. The van der Waals surface area contributed by atoms with Crippen molar-refractivity contribution in [2.75, 3.05) is 7.05 Å². The van der Waals surface area contributed by atoms with Crippen LogP contribution >= 0.6 is 12.4 Å². The average Bonchev–Trinajstić information content (AvgIpc) is 2.85. The molecular formula is C16H23ClN4O3. The van der Waals surface area contributed by atoms with Crippen molar-refractivity contribution < 1.29 is 9.72 Å². The number of fused-ring (bicyclic) bond motifs is 2. The second-order valence-electron chi connectivity index (χ2n) is 6.64. The lowest BCUT2D eigenvalue weighted by atomic mass is 9.98. The van der Waals surface area contributed by atoms with Gasteiger partial charge in [-0.3, -0.25) is 19.8 Å². The van der Waals surface area contributed by atoms with Gasteiger partial charge >= 0.3 is 0 Å². The van der Waals surface area contributed by atoms with E-state index in [0.717, 1.165) is 12.8 Å². The van der Waals surface area contributed by atoms with Crippen LogP contribution in [0.3, 0.4) is 0 Å². The van der Waals surface area contributed by atoms with Crippen molar-refractivity contribution in [2.45, 2.75) is 50.4 Å². The normalized spacial score (nSPS) is 25.3. The van der Waals surface area contributed by atoms with E-state index in [1.807, 2.05) is 7.05 Å². The van der Waals surface area contributed by atoms with Crippen LogP contribution in [0.15, 0.2) is 18.2 Å². The lowest BCUT2D eigenvalue weighted by molar-refractivity contribution is -0.385. The molecule has 1 aromatic carbocycles. The fourth-order valence-electron chi connectivity index (χ4n) is 3.81. The summed E-state index contributed by atoms with van der Waals surface area (Å²) in [4.78, 5) is 24.3. The molecule has 2 atom stereocenters. The van der Waals surface area contributed by atoms with Crippen molar-refractivity contribution in [3.63, 3.8) is 0 Å². The van der Waals surface area contributed by atoms with Crippen LogP contribution in [0.4, 0.5) is 5.69 Å². The summed E-state index contributed by atoms with van der Waals surface area (Å²) in [5, 5.41) is 14.9. The Labute approximate surface area is 147 Å². The smallest absolute Gasteiger partial charge is 0.274 e. The fraction of sp³-hybridized carbons (Fsp3) is 0.562. The van der Waals surface area contributed by atoms with Crippen LogP contribution < -0.4 is 11.1 Å². The van der Waals surface area contributed by atoms with Gasteiger partial charge in [0.1, 0.15) is 0 Å². The molecule has 1 aromatic rings. The molecule has 1 amide bonds. The van der Waals surface area contributed by atoms with Crippen LogP contribution in [0.25, 0.3) is 0 Å². The van der Waals surface area contributed by atoms with Gasteiger partial charge in [-0.2, -0.15) is 0 Å². The molecule has 8 heteroatoms. The average molecular weight is 355 g/mol. The summed E-state index contributed by atoms with van der Waals surface area (Å²) in [5.74, 6) is -0.650. The molecule has 0 aliphatic carbocycles. The summed E-state index contributed by atoms with van der Waals surface area (Å²) in [7, 11) is 2.02. The first-order valence-corrected chi connectivity index (χ1v) is 7.97. The highest BCUT2D eigenvalue weighted by molar-refractivity contribution is 5.93. The summed E-state index contributed by atoms with van der Waals surface area (Å²) in [6.07, 6.45) is 4.62. The third-order valence-corrected chi connectivity index (χ3v) is 5.06. The van der Waals surface area contributed by atoms with Gasteiger partial charge in [0.25, 0.3) is 5.69 Å². The molecule has 2 saturated heterocycles. The summed E-state index contributed by atoms with van der Waals surface area (Å²) in [5.41, 5.74) is 5.96. The first-order chi connectivity index (χ1) is 10.9. The molecule has 24 heavy (non-hydrogen) atoms. The zero-order chi connectivity index (χ0) is 16.6. The number of benzene rings is 1. The van der Waals surface area contributed by atoms with Crippen molar-refractivity contribution in [2.24, 2.45) is 5.73 Å². The molecule has 2 aliphatic heterocycles. The molecule has 0 spiro atoms. The number of primary amides is 1. The minimum absolute atomic E-state index is 0. The summed E-state index contributed by atoms with van der Waals surface area (Å²) < 4.78 is 0. The number of nitro benzene ring substituents is 1. The fourth-order valence-corrected chi connectivity index (χ4v) is 3.81. The Bertz CT molecular complexity index is 628. The molecule has 3 N–H and O–H groups in total. The maximum atomic E-state index is 11.3. The van der Waals surface area contributed by atoms with E-state index in [1.165, 1.54) is 18.9 Å². The molecule has 2 unspecified atom stereocenters. The van der Waals surface area contributed by atoms with Crippen molar-refractivity contribution >= 4 is 24.0 Å². The first-order valence-electron chi connectivity index (χ1n) is 7.97. The van der Waals surface area contributed by atoms with Gasteiger partial charge in [-0.05, 0) is 38.8 Å². The van der Waals surface area contributed by atoms with Crippen LogP contribution in [-0.2, 0) is 6.54 Å². The number of halogens is 1. The highest BCUT2D eigenvalue weighted by atomic mass is 35.5. The molecular weight excluding hydrogens is 332 g/mol. The van der Waals surface area contributed by atoms with E-state index in [9.17, 15) is 14.9 Å². The minimum Gasteiger partial charge on any atom is -0.366 e. The molecule has 3 rings (SSSR count). The molecule has 2 fully saturated rings.